The van der Waals surface area contributed by atoms with Gasteiger partial charge in [0.15, 0.2) is 0 Å². The lowest BCUT2D eigenvalue weighted by Gasteiger charge is -2.25. The van der Waals surface area contributed by atoms with Gasteiger partial charge in [-0.05, 0) is 24.3 Å². The average molecular weight is 290 g/mol. The minimum atomic E-state index is -0.310. The molecule has 1 saturated heterocycles. The molecule has 2 atom stereocenters. The summed E-state index contributed by atoms with van der Waals surface area (Å²) in [7, 11) is 0. The first-order chi connectivity index (χ1) is 10.2. The van der Waals surface area contributed by atoms with Crippen LogP contribution in [0.5, 0.6) is 0 Å². The summed E-state index contributed by atoms with van der Waals surface area (Å²) in [6, 6.07) is 7.03. The van der Waals surface area contributed by atoms with Crippen LogP contribution in [-0.2, 0) is 22.6 Å². The zero-order chi connectivity index (χ0) is 14.7. The highest BCUT2D eigenvalue weighted by Gasteiger charge is 2.34. The van der Waals surface area contributed by atoms with Gasteiger partial charge in [0.25, 0.3) is 0 Å². The van der Waals surface area contributed by atoms with Crippen molar-refractivity contribution in [2.45, 2.75) is 19.1 Å². The Labute approximate surface area is 122 Å². The number of rotatable bonds is 5. The van der Waals surface area contributed by atoms with Gasteiger partial charge < -0.3 is 24.2 Å². The Balaban J connectivity index is 1.75. The van der Waals surface area contributed by atoms with E-state index in [0.29, 0.717) is 26.3 Å². The summed E-state index contributed by atoms with van der Waals surface area (Å²) in [6.07, 6.45) is 3.19. The van der Waals surface area contributed by atoms with Crippen LogP contribution in [0.2, 0.25) is 0 Å². The molecule has 3 heterocycles. The maximum atomic E-state index is 12.7. The van der Waals surface area contributed by atoms with E-state index in [9.17, 15) is 4.79 Å². The van der Waals surface area contributed by atoms with Crippen LogP contribution in [-0.4, -0.2) is 30.1 Å². The summed E-state index contributed by atoms with van der Waals surface area (Å²) < 4.78 is 16.0. The molecule has 0 aliphatic carbocycles. The molecule has 6 nitrogen and oxygen atoms in total. The van der Waals surface area contributed by atoms with E-state index in [0.717, 1.165) is 11.5 Å². The number of carbonyl (C=O) groups is 1. The van der Waals surface area contributed by atoms with Gasteiger partial charge in [-0.3, -0.25) is 4.79 Å². The molecule has 0 spiro atoms. The average Bonchev–Trinajstić information content (AvgIpc) is 3.19. The molecule has 3 rings (SSSR count). The lowest BCUT2D eigenvalue weighted by molar-refractivity contribution is -0.137. The van der Waals surface area contributed by atoms with E-state index in [1.807, 2.05) is 12.1 Å². The predicted molar refractivity (Wildman–Crippen MR) is 74.0 cm³/mol. The maximum Gasteiger partial charge on any atom is 0.230 e. The molecule has 2 aromatic rings. The van der Waals surface area contributed by atoms with Gasteiger partial charge in [0.2, 0.25) is 5.91 Å². The van der Waals surface area contributed by atoms with Crippen molar-refractivity contribution in [3.8, 4) is 0 Å². The number of ether oxygens (including phenoxy) is 1. The number of hydrogen-bond acceptors (Lipinski definition) is 5. The summed E-state index contributed by atoms with van der Waals surface area (Å²) in [5.41, 5.74) is 5.95. The minimum absolute atomic E-state index is 0.0344. The van der Waals surface area contributed by atoms with Crippen LogP contribution in [0.3, 0.4) is 0 Å². The quantitative estimate of drug-likeness (QED) is 0.899. The van der Waals surface area contributed by atoms with E-state index in [2.05, 4.69) is 0 Å². The molecule has 1 fully saturated rings. The van der Waals surface area contributed by atoms with Crippen molar-refractivity contribution in [3.05, 3.63) is 48.3 Å². The van der Waals surface area contributed by atoms with Crippen LogP contribution in [0, 0.1) is 5.92 Å². The van der Waals surface area contributed by atoms with Crippen LogP contribution < -0.4 is 5.73 Å². The molecule has 0 radical (unpaired) electrons. The number of carbonyl (C=O) groups excluding carboxylic acids is 1. The Hall–Kier alpha value is -2.05. The van der Waals surface area contributed by atoms with E-state index in [-0.39, 0.29) is 17.9 Å². The van der Waals surface area contributed by atoms with Crippen LogP contribution in [0.25, 0.3) is 0 Å². The number of furan rings is 2. The van der Waals surface area contributed by atoms with Gasteiger partial charge >= 0.3 is 0 Å². The third kappa shape index (κ3) is 3.17. The molecule has 2 N–H and O–H groups in total. The number of nitrogens with zero attached hydrogens (tertiary/aromatic N) is 1. The van der Waals surface area contributed by atoms with Crippen molar-refractivity contribution in [1.29, 1.82) is 0 Å². The number of hydrogen-bond donors (Lipinski definition) is 1. The number of amides is 1. The Morgan fingerprint density at radius 1 is 1.14 bits per heavy atom. The Morgan fingerprint density at radius 2 is 1.76 bits per heavy atom. The number of nitrogens with two attached hydrogens (primary N) is 1. The van der Waals surface area contributed by atoms with Gasteiger partial charge in [0.1, 0.15) is 11.5 Å². The molecule has 6 heteroatoms. The van der Waals surface area contributed by atoms with Gasteiger partial charge in [-0.2, -0.15) is 0 Å². The van der Waals surface area contributed by atoms with E-state index in [4.69, 9.17) is 19.3 Å². The van der Waals surface area contributed by atoms with Crippen LogP contribution in [0.15, 0.2) is 45.6 Å². The lowest BCUT2D eigenvalue weighted by Crippen LogP contribution is -2.43. The normalized spacial score (nSPS) is 21.6. The summed E-state index contributed by atoms with van der Waals surface area (Å²) in [5, 5.41) is 0. The van der Waals surface area contributed by atoms with Crippen molar-refractivity contribution < 1.29 is 18.4 Å². The van der Waals surface area contributed by atoms with Crippen molar-refractivity contribution in [1.82, 2.24) is 4.90 Å². The third-order valence-electron chi connectivity index (χ3n) is 3.61. The molecule has 0 saturated carbocycles. The fourth-order valence-electron chi connectivity index (χ4n) is 2.45. The largest absolute Gasteiger partial charge is 0.467 e. The predicted octanol–water partition coefficient (Wildman–Crippen LogP) is 1.38. The van der Waals surface area contributed by atoms with Gasteiger partial charge in [0.05, 0.1) is 44.7 Å². The first-order valence-corrected chi connectivity index (χ1v) is 6.91. The van der Waals surface area contributed by atoms with Gasteiger partial charge in [0, 0.05) is 6.04 Å². The second kappa shape index (κ2) is 6.15. The van der Waals surface area contributed by atoms with Gasteiger partial charge in [-0.25, -0.2) is 0 Å². The molecule has 1 aliphatic rings. The van der Waals surface area contributed by atoms with E-state index >= 15 is 0 Å². The molecular formula is C15H18N2O4. The Kier molecular flexibility index (Phi) is 4.08. The van der Waals surface area contributed by atoms with Crippen molar-refractivity contribution in [3.63, 3.8) is 0 Å². The molecule has 2 aromatic heterocycles. The highest BCUT2D eigenvalue weighted by atomic mass is 16.5. The third-order valence-corrected chi connectivity index (χ3v) is 3.61. The van der Waals surface area contributed by atoms with E-state index in [1.165, 1.54) is 0 Å². The molecule has 1 aliphatic heterocycles. The zero-order valence-corrected chi connectivity index (χ0v) is 11.6. The van der Waals surface area contributed by atoms with Crippen LogP contribution in [0.4, 0.5) is 0 Å². The second-order valence-corrected chi connectivity index (χ2v) is 5.16. The molecular weight excluding hydrogens is 272 g/mol. The van der Waals surface area contributed by atoms with Crippen molar-refractivity contribution >= 4 is 5.91 Å². The Bertz CT molecular complexity index is 528. The molecule has 0 bridgehead atoms. The van der Waals surface area contributed by atoms with Crippen molar-refractivity contribution in [2.24, 2.45) is 11.7 Å². The highest BCUT2D eigenvalue weighted by molar-refractivity contribution is 5.80. The molecule has 0 aromatic carbocycles. The first kappa shape index (κ1) is 13.9. The minimum Gasteiger partial charge on any atom is -0.467 e. The van der Waals surface area contributed by atoms with Crippen LogP contribution in [0.1, 0.15) is 11.5 Å². The monoisotopic (exact) mass is 290 g/mol. The van der Waals surface area contributed by atoms with Gasteiger partial charge in [-0.15, -0.1) is 0 Å². The van der Waals surface area contributed by atoms with Crippen LogP contribution >= 0.6 is 0 Å². The standard InChI is InChI=1S/C15H18N2O4/c16-14-10-19-9-13(14)15(18)17(7-11-3-1-5-20-11)8-12-4-2-6-21-12/h1-6,13-14H,7-10,16H2. The second-order valence-electron chi connectivity index (χ2n) is 5.16. The SMILES string of the molecule is NC1COCC1C(=O)N(Cc1ccco1)Cc1ccco1. The van der Waals surface area contributed by atoms with Crippen molar-refractivity contribution in [2.75, 3.05) is 13.2 Å². The fourth-order valence-corrected chi connectivity index (χ4v) is 2.45. The summed E-state index contributed by atoms with van der Waals surface area (Å²) >= 11 is 0. The summed E-state index contributed by atoms with van der Waals surface area (Å²) in [4.78, 5) is 14.4. The smallest absolute Gasteiger partial charge is 0.230 e. The first-order valence-electron chi connectivity index (χ1n) is 6.91. The molecule has 21 heavy (non-hydrogen) atoms. The van der Waals surface area contributed by atoms with E-state index < -0.39 is 0 Å². The molecule has 2 unspecified atom stereocenters. The lowest BCUT2D eigenvalue weighted by atomic mass is 10.0. The summed E-state index contributed by atoms with van der Waals surface area (Å²) in [6.45, 7) is 1.56. The molecule has 112 valence electrons. The Morgan fingerprint density at radius 3 is 2.19 bits per heavy atom. The maximum absolute atomic E-state index is 12.7. The fraction of sp³-hybridized carbons (Fsp3) is 0.400. The molecule has 1 amide bonds. The topological polar surface area (TPSA) is 81.8 Å². The van der Waals surface area contributed by atoms with Gasteiger partial charge in [-0.1, -0.05) is 0 Å². The van der Waals surface area contributed by atoms with E-state index in [1.54, 1.807) is 29.6 Å². The highest BCUT2D eigenvalue weighted by Crippen LogP contribution is 2.19. The summed E-state index contributed by atoms with van der Waals surface area (Å²) in [5.74, 6) is 1.10. The zero-order valence-electron chi connectivity index (χ0n) is 11.6.